The molecule has 1 saturated heterocycles. The lowest BCUT2D eigenvalue weighted by Crippen LogP contribution is -2.29. The van der Waals surface area contributed by atoms with Crippen molar-refractivity contribution >= 4 is 18.4 Å². The summed E-state index contributed by atoms with van der Waals surface area (Å²) < 4.78 is 0. The van der Waals surface area contributed by atoms with Gasteiger partial charge in [0.05, 0.1) is 0 Å². The Hall–Kier alpha value is -0.320. The number of nitrogens with one attached hydrogen (secondary N) is 1. The van der Waals surface area contributed by atoms with Gasteiger partial charge < -0.3 is 16.2 Å². The smallest absolute Gasteiger partial charge is 0.320 e. The van der Waals surface area contributed by atoms with Crippen molar-refractivity contribution in [3.05, 3.63) is 0 Å². The van der Waals surface area contributed by atoms with Crippen LogP contribution in [0.15, 0.2) is 0 Å². The molecule has 5 heteroatoms. The Morgan fingerprint density at radius 3 is 2.64 bits per heavy atom. The van der Waals surface area contributed by atoms with Gasteiger partial charge in [0.15, 0.2) is 0 Å². The normalized spacial score (nSPS) is 29.5. The van der Waals surface area contributed by atoms with E-state index in [0.717, 1.165) is 6.54 Å². The van der Waals surface area contributed by atoms with E-state index in [1.165, 1.54) is 0 Å². The largest absolute Gasteiger partial charge is 0.480 e. The van der Waals surface area contributed by atoms with Crippen LogP contribution in [0.4, 0.5) is 0 Å². The molecular weight excluding hydrogens is 168 g/mol. The van der Waals surface area contributed by atoms with Crippen LogP contribution in [0.25, 0.3) is 0 Å². The first-order valence-electron chi connectivity index (χ1n) is 3.40. The summed E-state index contributed by atoms with van der Waals surface area (Å²) in [4.78, 5) is 10.4. The third kappa shape index (κ3) is 2.65. The maximum Gasteiger partial charge on any atom is 0.320 e. The highest BCUT2D eigenvalue weighted by Crippen LogP contribution is 2.11. The SMILES string of the molecule is Cl.NC[C@@H]1CN[C@H](C(=O)O)C1. The van der Waals surface area contributed by atoms with Crippen molar-refractivity contribution in [2.45, 2.75) is 12.5 Å². The maximum atomic E-state index is 10.4. The molecule has 0 amide bonds. The van der Waals surface area contributed by atoms with Gasteiger partial charge in [0.25, 0.3) is 0 Å². The molecule has 11 heavy (non-hydrogen) atoms. The minimum absolute atomic E-state index is 0. The van der Waals surface area contributed by atoms with Crippen LogP contribution in [0.5, 0.6) is 0 Å². The molecular formula is C6H13ClN2O2. The Morgan fingerprint density at radius 2 is 2.36 bits per heavy atom. The highest BCUT2D eigenvalue weighted by molar-refractivity contribution is 5.85. The van der Waals surface area contributed by atoms with Gasteiger partial charge in [-0.2, -0.15) is 0 Å². The molecule has 66 valence electrons. The molecule has 0 radical (unpaired) electrons. The lowest BCUT2D eigenvalue weighted by Gasteiger charge is -2.02. The minimum Gasteiger partial charge on any atom is -0.480 e. The van der Waals surface area contributed by atoms with Crippen LogP contribution in [0.3, 0.4) is 0 Å². The molecule has 0 bridgehead atoms. The van der Waals surface area contributed by atoms with Gasteiger partial charge >= 0.3 is 5.97 Å². The molecule has 4 nitrogen and oxygen atoms in total. The van der Waals surface area contributed by atoms with E-state index >= 15 is 0 Å². The summed E-state index contributed by atoms with van der Waals surface area (Å²) in [6.45, 7) is 1.32. The molecule has 1 aliphatic heterocycles. The molecule has 1 aliphatic rings. The van der Waals surface area contributed by atoms with Crippen LogP contribution in [-0.4, -0.2) is 30.2 Å². The van der Waals surface area contributed by atoms with Crippen molar-refractivity contribution in [1.29, 1.82) is 0 Å². The van der Waals surface area contributed by atoms with Gasteiger partial charge in [0.1, 0.15) is 6.04 Å². The second-order valence-corrected chi connectivity index (χ2v) is 2.64. The zero-order valence-electron chi connectivity index (χ0n) is 6.12. The molecule has 4 N–H and O–H groups in total. The summed E-state index contributed by atoms with van der Waals surface area (Å²) in [5.41, 5.74) is 5.36. The number of carboxylic acids is 1. The van der Waals surface area contributed by atoms with E-state index in [1.54, 1.807) is 0 Å². The van der Waals surface area contributed by atoms with E-state index in [-0.39, 0.29) is 18.4 Å². The van der Waals surface area contributed by atoms with E-state index in [0.29, 0.717) is 18.9 Å². The summed E-state index contributed by atoms with van der Waals surface area (Å²) in [5, 5.41) is 11.4. The van der Waals surface area contributed by atoms with E-state index in [9.17, 15) is 4.79 Å². The highest BCUT2D eigenvalue weighted by atomic mass is 35.5. The molecule has 0 aromatic rings. The zero-order valence-corrected chi connectivity index (χ0v) is 6.93. The van der Waals surface area contributed by atoms with Crippen LogP contribution < -0.4 is 11.1 Å². The zero-order chi connectivity index (χ0) is 7.56. The van der Waals surface area contributed by atoms with Crippen molar-refractivity contribution in [2.75, 3.05) is 13.1 Å². The molecule has 0 aliphatic carbocycles. The third-order valence-corrected chi connectivity index (χ3v) is 1.85. The van der Waals surface area contributed by atoms with Crippen molar-refractivity contribution < 1.29 is 9.90 Å². The Balaban J connectivity index is 0.000001000. The number of carboxylic acid groups (broad SMARTS) is 1. The standard InChI is InChI=1S/C6H12N2O2.ClH/c7-2-4-1-5(6(9)10)8-3-4;/h4-5,8H,1-3,7H2,(H,9,10);1H/t4-,5+;/m1./s1. The first-order chi connectivity index (χ1) is 4.74. The van der Waals surface area contributed by atoms with E-state index in [4.69, 9.17) is 10.8 Å². The summed E-state index contributed by atoms with van der Waals surface area (Å²) in [7, 11) is 0. The van der Waals surface area contributed by atoms with Gasteiger partial charge in [-0.1, -0.05) is 0 Å². The summed E-state index contributed by atoms with van der Waals surface area (Å²) in [5.74, 6) is -0.419. The lowest BCUT2D eigenvalue weighted by molar-refractivity contribution is -0.139. The molecule has 0 saturated carbocycles. The van der Waals surface area contributed by atoms with Gasteiger partial charge in [-0.25, -0.2) is 0 Å². The summed E-state index contributed by atoms with van der Waals surface area (Å²) in [6.07, 6.45) is 0.672. The van der Waals surface area contributed by atoms with E-state index < -0.39 is 5.97 Å². The molecule has 1 heterocycles. The van der Waals surface area contributed by atoms with Crippen LogP contribution >= 0.6 is 12.4 Å². The molecule has 0 aromatic heterocycles. The average Bonchev–Trinajstić information content (AvgIpc) is 2.34. The molecule has 0 aromatic carbocycles. The summed E-state index contributed by atoms with van der Waals surface area (Å²) >= 11 is 0. The maximum absolute atomic E-state index is 10.4. The van der Waals surface area contributed by atoms with Crippen LogP contribution in [0.2, 0.25) is 0 Å². The number of aliphatic carboxylic acids is 1. The number of hydrogen-bond donors (Lipinski definition) is 3. The van der Waals surface area contributed by atoms with Gasteiger partial charge in [-0.3, -0.25) is 4.79 Å². The van der Waals surface area contributed by atoms with E-state index in [2.05, 4.69) is 5.32 Å². The number of carbonyl (C=O) groups is 1. The number of halogens is 1. The van der Waals surface area contributed by atoms with Crippen molar-refractivity contribution in [2.24, 2.45) is 11.7 Å². The average molecular weight is 181 g/mol. The first kappa shape index (κ1) is 10.7. The molecule has 0 unspecified atom stereocenters. The number of rotatable bonds is 2. The van der Waals surface area contributed by atoms with Crippen molar-refractivity contribution in [3.63, 3.8) is 0 Å². The van der Waals surface area contributed by atoms with Crippen LogP contribution in [0.1, 0.15) is 6.42 Å². The second-order valence-electron chi connectivity index (χ2n) is 2.64. The fourth-order valence-electron chi connectivity index (χ4n) is 1.18. The van der Waals surface area contributed by atoms with E-state index in [1.807, 2.05) is 0 Å². The topological polar surface area (TPSA) is 75.3 Å². The van der Waals surface area contributed by atoms with Crippen LogP contribution in [-0.2, 0) is 4.79 Å². The number of nitrogens with two attached hydrogens (primary N) is 1. The monoisotopic (exact) mass is 180 g/mol. The second kappa shape index (κ2) is 4.54. The Kier molecular flexibility index (Phi) is 4.40. The third-order valence-electron chi connectivity index (χ3n) is 1.85. The van der Waals surface area contributed by atoms with Crippen LogP contribution in [0, 0.1) is 5.92 Å². The fraction of sp³-hybridized carbons (Fsp3) is 0.833. The van der Waals surface area contributed by atoms with Gasteiger partial charge in [0, 0.05) is 6.54 Å². The quantitative estimate of drug-likeness (QED) is 0.532. The summed E-state index contributed by atoms with van der Waals surface area (Å²) in [6, 6.07) is -0.367. The lowest BCUT2D eigenvalue weighted by atomic mass is 10.1. The van der Waals surface area contributed by atoms with Gasteiger partial charge in [-0.05, 0) is 18.9 Å². The molecule has 1 fully saturated rings. The first-order valence-corrected chi connectivity index (χ1v) is 3.40. The van der Waals surface area contributed by atoms with Gasteiger partial charge in [0.2, 0.25) is 0 Å². The predicted molar refractivity (Wildman–Crippen MR) is 43.8 cm³/mol. The van der Waals surface area contributed by atoms with Gasteiger partial charge in [-0.15, -0.1) is 12.4 Å². The molecule has 0 spiro atoms. The Morgan fingerprint density at radius 1 is 1.73 bits per heavy atom. The highest BCUT2D eigenvalue weighted by Gasteiger charge is 2.27. The molecule has 2 atom stereocenters. The minimum atomic E-state index is -0.768. The fourth-order valence-corrected chi connectivity index (χ4v) is 1.18. The van der Waals surface area contributed by atoms with Crippen molar-refractivity contribution in [3.8, 4) is 0 Å². The number of hydrogen-bond acceptors (Lipinski definition) is 3. The predicted octanol–water partition coefficient (Wildman–Crippen LogP) is -0.570. The Labute approximate surface area is 71.6 Å². The molecule has 1 rings (SSSR count). The van der Waals surface area contributed by atoms with Crippen molar-refractivity contribution in [1.82, 2.24) is 5.32 Å². The Bertz CT molecular complexity index is 143.